The second kappa shape index (κ2) is 9.14. The van der Waals surface area contributed by atoms with Crippen LogP contribution in [0.3, 0.4) is 0 Å². The first-order valence-electron chi connectivity index (χ1n) is 12.5. The van der Waals surface area contributed by atoms with E-state index in [-0.39, 0.29) is 23.7 Å². The molecule has 184 valence electrons. The number of hydrogen-bond donors (Lipinski definition) is 0. The highest BCUT2D eigenvalue weighted by molar-refractivity contribution is 5.99. The summed E-state index contributed by atoms with van der Waals surface area (Å²) in [4.78, 5) is 26.5. The Labute approximate surface area is 205 Å². The second-order valence-electron chi connectivity index (χ2n) is 10.8. The van der Waals surface area contributed by atoms with Crippen molar-refractivity contribution in [3.63, 3.8) is 0 Å². The maximum absolute atomic E-state index is 15.0. The third kappa shape index (κ3) is 5.12. The number of carbonyl (C=O) groups excluding carboxylic acids is 2. The van der Waals surface area contributed by atoms with Crippen LogP contribution in [0.5, 0.6) is 5.75 Å². The summed E-state index contributed by atoms with van der Waals surface area (Å²) in [6.45, 7) is 6.85. The fourth-order valence-electron chi connectivity index (χ4n) is 4.88. The van der Waals surface area contributed by atoms with Gasteiger partial charge in [0.05, 0.1) is 0 Å². The maximum atomic E-state index is 15.0. The molecule has 2 aromatic rings. The Bertz CT molecular complexity index is 1170. The molecule has 2 aromatic carbocycles. The van der Waals surface area contributed by atoms with E-state index in [9.17, 15) is 9.59 Å². The average Bonchev–Trinajstić information content (AvgIpc) is 3.67. The third-order valence-electron chi connectivity index (χ3n) is 6.90. The predicted octanol–water partition coefficient (Wildman–Crippen LogP) is 6.68. The van der Waals surface area contributed by atoms with Crippen LogP contribution in [0.25, 0.3) is 6.08 Å². The van der Waals surface area contributed by atoms with Gasteiger partial charge in [-0.1, -0.05) is 36.4 Å². The minimum atomic E-state index is -0.560. The van der Waals surface area contributed by atoms with E-state index in [0.717, 1.165) is 42.6 Å². The number of amides is 1. The standard InChI is InChI=1S/C29H32FNO4/c1-29(2,3)35-28(33)31-15-13-18(14-16-31)22-6-4-5-20-10-12-25(34-27(20)22)23-11-9-21(17-24(23)30)26(32)19-7-8-19/h4-6,9-12,17-19,25H,7-8,13-16H2,1-3H3. The Morgan fingerprint density at radius 1 is 1.03 bits per heavy atom. The van der Waals surface area contributed by atoms with Crippen LogP contribution in [-0.2, 0) is 4.74 Å². The predicted molar refractivity (Wildman–Crippen MR) is 132 cm³/mol. The molecular formula is C29H32FNO4. The van der Waals surface area contributed by atoms with Gasteiger partial charge in [0.15, 0.2) is 5.78 Å². The van der Waals surface area contributed by atoms with Gasteiger partial charge in [0, 0.05) is 35.7 Å². The van der Waals surface area contributed by atoms with Crippen LogP contribution < -0.4 is 4.74 Å². The maximum Gasteiger partial charge on any atom is 0.410 e. The number of halogens is 1. The lowest BCUT2D eigenvalue weighted by molar-refractivity contribution is 0.0204. The molecule has 1 aliphatic carbocycles. The highest BCUT2D eigenvalue weighted by Crippen LogP contribution is 2.42. The minimum absolute atomic E-state index is 0.0286. The SMILES string of the molecule is CC(C)(C)OC(=O)N1CCC(c2cccc3c2OC(c2ccc(C(=O)C4CC4)cc2F)C=C3)CC1. The first-order valence-corrected chi connectivity index (χ1v) is 12.5. The van der Waals surface area contributed by atoms with E-state index < -0.39 is 17.5 Å². The highest BCUT2D eigenvalue weighted by Gasteiger charge is 2.32. The van der Waals surface area contributed by atoms with E-state index in [4.69, 9.17) is 9.47 Å². The Kier molecular flexibility index (Phi) is 6.16. The summed E-state index contributed by atoms with van der Waals surface area (Å²) in [7, 11) is 0. The van der Waals surface area contributed by atoms with Crippen molar-refractivity contribution in [1.29, 1.82) is 0 Å². The molecule has 1 unspecified atom stereocenters. The van der Waals surface area contributed by atoms with Crippen molar-refractivity contribution in [2.75, 3.05) is 13.1 Å². The summed E-state index contributed by atoms with van der Waals surface area (Å²) in [5, 5.41) is 0. The van der Waals surface area contributed by atoms with Crippen LogP contribution in [0.2, 0.25) is 0 Å². The van der Waals surface area contributed by atoms with E-state index in [1.807, 2.05) is 45.1 Å². The number of nitrogens with zero attached hydrogens (tertiary/aromatic N) is 1. The highest BCUT2D eigenvalue weighted by atomic mass is 19.1. The molecule has 1 amide bonds. The third-order valence-corrected chi connectivity index (χ3v) is 6.90. The summed E-state index contributed by atoms with van der Waals surface area (Å²) >= 11 is 0. The molecule has 2 aliphatic heterocycles. The molecule has 0 spiro atoms. The van der Waals surface area contributed by atoms with Gasteiger partial charge in [-0.3, -0.25) is 4.79 Å². The minimum Gasteiger partial charge on any atom is -0.481 e. The molecule has 2 heterocycles. The van der Waals surface area contributed by atoms with Crippen LogP contribution in [0, 0.1) is 11.7 Å². The van der Waals surface area contributed by atoms with Crippen molar-refractivity contribution >= 4 is 18.0 Å². The van der Waals surface area contributed by atoms with E-state index in [2.05, 4.69) is 6.07 Å². The molecule has 1 atom stereocenters. The number of benzene rings is 2. The molecule has 0 bridgehead atoms. The molecule has 2 fully saturated rings. The number of piperidine rings is 1. The van der Waals surface area contributed by atoms with Gasteiger partial charge in [-0.05, 0) is 70.1 Å². The average molecular weight is 478 g/mol. The lowest BCUT2D eigenvalue weighted by atomic mass is 9.87. The molecule has 5 nitrogen and oxygen atoms in total. The molecular weight excluding hydrogens is 445 g/mol. The smallest absolute Gasteiger partial charge is 0.410 e. The van der Waals surface area contributed by atoms with Crippen LogP contribution in [-0.4, -0.2) is 35.5 Å². The number of ether oxygens (including phenoxy) is 2. The van der Waals surface area contributed by atoms with E-state index in [1.54, 1.807) is 17.0 Å². The first kappa shape index (κ1) is 23.6. The quantitative estimate of drug-likeness (QED) is 0.461. The first-order chi connectivity index (χ1) is 16.7. The number of carbonyl (C=O) groups is 2. The van der Waals surface area contributed by atoms with Gasteiger partial charge in [-0.15, -0.1) is 0 Å². The Morgan fingerprint density at radius 3 is 2.43 bits per heavy atom. The summed E-state index contributed by atoms with van der Waals surface area (Å²) in [5.41, 5.74) is 2.40. The van der Waals surface area contributed by atoms with Crippen molar-refractivity contribution in [3.05, 3.63) is 70.5 Å². The molecule has 5 rings (SSSR count). The Hall–Kier alpha value is -3.15. The Balaban J connectivity index is 1.31. The lowest BCUT2D eigenvalue weighted by Crippen LogP contribution is -2.41. The van der Waals surface area contributed by atoms with Crippen LogP contribution in [0.4, 0.5) is 9.18 Å². The lowest BCUT2D eigenvalue weighted by Gasteiger charge is -2.35. The van der Waals surface area contributed by atoms with Gasteiger partial charge < -0.3 is 14.4 Å². The Morgan fingerprint density at radius 2 is 1.77 bits per heavy atom. The van der Waals surface area contributed by atoms with Gasteiger partial charge in [0.2, 0.25) is 0 Å². The normalized spacial score (nSPS) is 20.2. The number of likely N-dealkylation sites (tertiary alicyclic amines) is 1. The largest absolute Gasteiger partial charge is 0.481 e. The zero-order valence-electron chi connectivity index (χ0n) is 20.6. The van der Waals surface area contributed by atoms with Crippen molar-refractivity contribution in [2.45, 2.75) is 64.1 Å². The number of Topliss-reactive ketones (excluding diaryl/α,β-unsaturated/α-hetero) is 1. The summed E-state index contributed by atoms with van der Waals surface area (Å²) in [5.74, 6) is 0.674. The topological polar surface area (TPSA) is 55.8 Å². The van der Waals surface area contributed by atoms with Crippen molar-refractivity contribution < 1.29 is 23.5 Å². The van der Waals surface area contributed by atoms with Gasteiger partial charge in [-0.2, -0.15) is 0 Å². The second-order valence-corrected chi connectivity index (χ2v) is 10.8. The van der Waals surface area contributed by atoms with Gasteiger partial charge >= 0.3 is 6.09 Å². The number of ketones is 1. The monoisotopic (exact) mass is 477 g/mol. The fraction of sp³-hybridized carbons (Fsp3) is 0.448. The van der Waals surface area contributed by atoms with Gasteiger partial charge in [0.1, 0.15) is 23.3 Å². The molecule has 0 N–H and O–H groups in total. The van der Waals surface area contributed by atoms with Crippen LogP contribution >= 0.6 is 0 Å². The summed E-state index contributed by atoms with van der Waals surface area (Å²) < 4.78 is 26.9. The zero-order valence-corrected chi connectivity index (χ0v) is 20.6. The van der Waals surface area contributed by atoms with Crippen molar-refractivity contribution in [2.24, 2.45) is 5.92 Å². The number of rotatable bonds is 4. The zero-order chi connectivity index (χ0) is 24.7. The molecule has 1 saturated carbocycles. The number of para-hydroxylation sites is 1. The molecule has 35 heavy (non-hydrogen) atoms. The molecule has 3 aliphatic rings. The number of hydrogen-bond acceptors (Lipinski definition) is 4. The summed E-state index contributed by atoms with van der Waals surface area (Å²) in [6, 6.07) is 10.8. The van der Waals surface area contributed by atoms with Gasteiger partial charge in [0.25, 0.3) is 0 Å². The molecule has 6 heteroatoms. The van der Waals surface area contributed by atoms with Crippen LogP contribution in [0.15, 0.2) is 42.5 Å². The van der Waals surface area contributed by atoms with Crippen LogP contribution in [0.1, 0.15) is 85.5 Å². The molecule has 0 aromatic heterocycles. The van der Waals surface area contributed by atoms with Crippen molar-refractivity contribution in [1.82, 2.24) is 4.90 Å². The molecule has 0 radical (unpaired) electrons. The van der Waals surface area contributed by atoms with Crippen molar-refractivity contribution in [3.8, 4) is 5.75 Å². The fourth-order valence-corrected chi connectivity index (χ4v) is 4.88. The van der Waals surface area contributed by atoms with E-state index in [0.29, 0.717) is 24.2 Å². The van der Waals surface area contributed by atoms with E-state index >= 15 is 4.39 Å². The van der Waals surface area contributed by atoms with E-state index in [1.165, 1.54) is 6.07 Å². The summed E-state index contributed by atoms with van der Waals surface area (Å²) in [6.07, 6.45) is 6.41. The number of fused-ring (bicyclic) bond motifs is 1. The molecule has 1 saturated heterocycles. The van der Waals surface area contributed by atoms with Gasteiger partial charge in [-0.25, -0.2) is 9.18 Å².